The molecular formula is C65H42N5+. The van der Waals surface area contributed by atoms with Gasteiger partial charge in [-0.15, -0.1) is 0 Å². The van der Waals surface area contributed by atoms with Gasteiger partial charge >= 0.3 is 0 Å². The van der Waals surface area contributed by atoms with Crippen molar-refractivity contribution in [1.82, 2.24) is 18.7 Å². The van der Waals surface area contributed by atoms with Crippen LogP contribution in [0.1, 0.15) is 0 Å². The number of nitrogens with zero attached hydrogens (tertiary/aromatic N) is 5. The second-order valence-electron chi connectivity index (χ2n) is 18.4. The Balaban J connectivity index is 1.14. The van der Waals surface area contributed by atoms with Gasteiger partial charge < -0.3 is 14.0 Å². The lowest BCUT2D eigenvalue weighted by atomic mass is 9.80. The van der Waals surface area contributed by atoms with E-state index in [9.17, 15) is 0 Å². The summed E-state index contributed by atoms with van der Waals surface area (Å²) in [6, 6.07) is 80.1. The highest BCUT2D eigenvalue weighted by Crippen LogP contribution is 2.55. The number of aromatic nitrogens is 3. The van der Waals surface area contributed by atoms with E-state index in [1.165, 1.54) is 27.3 Å². The molecule has 3 aromatic heterocycles. The number of hydrogen-bond donors (Lipinski definition) is 0. The van der Waals surface area contributed by atoms with Gasteiger partial charge in [0.05, 0.1) is 39.1 Å². The summed E-state index contributed by atoms with van der Waals surface area (Å²) >= 11 is 0. The zero-order valence-corrected chi connectivity index (χ0v) is 38.0. The van der Waals surface area contributed by atoms with Crippen molar-refractivity contribution < 1.29 is 0 Å². The van der Waals surface area contributed by atoms with E-state index in [1.807, 2.05) is 6.20 Å². The highest BCUT2D eigenvalue weighted by atomic mass is 15.2. The number of anilines is 2. The molecule has 2 aliphatic carbocycles. The van der Waals surface area contributed by atoms with Gasteiger partial charge in [-0.1, -0.05) is 158 Å². The Bertz CT molecular complexity index is 4140. The molecule has 0 spiro atoms. The van der Waals surface area contributed by atoms with Crippen LogP contribution < -0.4 is 9.48 Å². The van der Waals surface area contributed by atoms with Crippen molar-refractivity contribution in [3.63, 3.8) is 0 Å². The Morgan fingerprint density at radius 1 is 0.400 bits per heavy atom. The van der Waals surface area contributed by atoms with E-state index >= 15 is 0 Å². The summed E-state index contributed by atoms with van der Waals surface area (Å²) in [4.78, 5) is 7.92. The summed E-state index contributed by atoms with van der Waals surface area (Å²) in [5.74, 6) is 0. The number of allylic oxidation sites excluding steroid dienone is 2. The van der Waals surface area contributed by atoms with E-state index < -0.39 is 0 Å². The van der Waals surface area contributed by atoms with Crippen LogP contribution >= 0.6 is 0 Å². The maximum Gasteiger partial charge on any atom is 0.236 e. The van der Waals surface area contributed by atoms with Gasteiger partial charge in [0.25, 0.3) is 0 Å². The van der Waals surface area contributed by atoms with Gasteiger partial charge in [0.1, 0.15) is 11.7 Å². The first kappa shape index (κ1) is 38.8. The lowest BCUT2D eigenvalue weighted by molar-refractivity contribution is 0.897. The molecule has 1 atom stereocenters. The molecule has 70 heavy (non-hydrogen) atoms. The lowest BCUT2D eigenvalue weighted by Gasteiger charge is -2.36. The molecule has 0 bridgehead atoms. The van der Waals surface area contributed by atoms with Crippen LogP contribution in [0.4, 0.5) is 22.7 Å². The standard InChI is InChI=1S/C65H42N5/c1-3-20-42(21-4-1)67-57-35-15-16-36-58(57)68(43-22-5-2-6-23-43)62-41-52-51(40-61(62)67)49-29-18-38-60(70-55-33-13-9-26-46(55)47-27-10-14-34-56(47)70)64(49)63-48(50-30-19-39-66-65(50)52)28-17-37-59(63)69-53-31-11-7-24-44(53)45-25-8-12-32-54(45)69/h1-41,58H/q+1. The average Bonchev–Trinajstić information content (AvgIpc) is 3.95. The summed E-state index contributed by atoms with van der Waals surface area (Å²) in [5.41, 5.74) is 21.3. The van der Waals surface area contributed by atoms with E-state index in [-0.39, 0.29) is 6.04 Å². The number of benzene rings is 9. The molecule has 4 heterocycles. The summed E-state index contributed by atoms with van der Waals surface area (Å²) in [5, 5.41) is 4.90. The molecule has 3 aliphatic rings. The molecule has 0 fully saturated rings. The smallest absolute Gasteiger partial charge is 0.236 e. The van der Waals surface area contributed by atoms with Crippen LogP contribution in [0.5, 0.6) is 0 Å². The third-order valence-corrected chi connectivity index (χ3v) is 14.8. The molecule has 5 nitrogen and oxygen atoms in total. The van der Waals surface area contributed by atoms with Crippen LogP contribution in [0.3, 0.4) is 0 Å². The van der Waals surface area contributed by atoms with Crippen LogP contribution in [0, 0.1) is 0 Å². The first-order valence-electron chi connectivity index (χ1n) is 24.1. The first-order chi connectivity index (χ1) is 34.8. The minimum Gasteiger partial charge on any atom is -0.319 e. The Hall–Kier alpha value is -9.32. The number of hydrogen-bond acceptors (Lipinski definition) is 2. The fourth-order valence-electron chi connectivity index (χ4n) is 12.0. The van der Waals surface area contributed by atoms with Gasteiger partial charge in [-0.3, -0.25) is 4.98 Å². The molecular weight excluding hydrogens is 851 g/mol. The largest absolute Gasteiger partial charge is 0.319 e. The fourth-order valence-corrected chi connectivity index (χ4v) is 12.0. The number of fused-ring (bicyclic) bond motifs is 16. The molecule has 1 unspecified atom stereocenters. The molecule has 0 saturated carbocycles. The number of rotatable bonds is 4. The third-order valence-electron chi connectivity index (χ3n) is 14.8. The SMILES string of the molecule is C1=CC2=[N+](c3ccccc3)c3cc4c(cc3N(c3ccccc3)C2C=C1)-c1ncccc1-c1cccc(-n2c3ccccc3c3ccccc32)c1-c1c-4cccc1-n1c2ccccc2c2ccccc21. The zero-order chi connectivity index (χ0) is 45.9. The molecule has 15 rings (SSSR count). The minimum atomic E-state index is -0.0568. The van der Waals surface area contributed by atoms with E-state index in [4.69, 9.17) is 4.98 Å². The number of pyridine rings is 1. The van der Waals surface area contributed by atoms with Crippen molar-refractivity contribution in [2.45, 2.75) is 6.04 Å². The van der Waals surface area contributed by atoms with Crippen molar-refractivity contribution in [2.24, 2.45) is 0 Å². The van der Waals surface area contributed by atoms with Crippen LogP contribution in [0.2, 0.25) is 0 Å². The predicted octanol–water partition coefficient (Wildman–Crippen LogP) is 16.2. The Kier molecular flexibility index (Phi) is 8.36. The van der Waals surface area contributed by atoms with Crippen molar-refractivity contribution >= 4 is 72.1 Å². The van der Waals surface area contributed by atoms with Crippen LogP contribution in [-0.4, -0.2) is 25.9 Å². The summed E-state index contributed by atoms with van der Waals surface area (Å²) in [6.07, 6.45) is 10.9. The Morgan fingerprint density at radius 3 is 1.50 bits per heavy atom. The second-order valence-corrected chi connectivity index (χ2v) is 18.4. The van der Waals surface area contributed by atoms with Crippen LogP contribution in [-0.2, 0) is 0 Å². The maximum absolute atomic E-state index is 5.41. The van der Waals surface area contributed by atoms with Gasteiger partial charge in [0.15, 0.2) is 0 Å². The van der Waals surface area contributed by atoms with Gasteiger partial charge in [-0.2, -0.15) is 4.58 Å². The van der Waals surface area contributed by atoms with Gasteiger partial charge in [-0.25, -0.2) is 0 Å². The molecule has 9 aromatic carbocycles. The van der Waals surface area contributed by atoms with Crippen molar-refractivity contribution in [3.8, 4) is 56.0 Å². The Labute approximate surface area is 404 Å². The monoisotopic (exact) mass is 892 g/mol. The summed E-state index contributed by atoms with van der Waals surface area (Å²) in [7, 11) is 0. The first-order valence-corrected chi connectivity index (χ1v) is 24.1. The molecule has 12 aromatic rings. The van der Waals surface area contributed by atoms with E-state index in [1.54, 1.807) is 0 Å². The van der Waals surface area contributed by atoms with Gasteiger partial charge in [0.2, 0.25) is 17.1 Å². The molecule has 0 amide bonds. The quantitative estimate of drug-likeness (QED) is 0.165. The van der Waals surface area contributed by atoms with Crippen molar-refractivity contribution in [1.29, 1.82) is 0 Å². The minimum absolute atomic E-state index is 0.0568. The van der Waals surface area contributed by atoms with Crippen LogP contribution in [0.15, 0.2) is 249 Å². The molecule has 0 radical (unpaired) electrons. The van der Waals surface area contributed by atoms with Crippen LogP contribution in [0.25, 0.3) is 99.6 Å². The normalized spacial score (nSPS) is 14.5. The van der Waals surface area contributed by atoms with E-state index in [0.717, 1.165) is 101 Å². The molecule has 0 N–H and O–H groups in total. The number of para-hydroxylation sites is 6. The third kappa shape index (κ3) is 5.48. The summed E-state index contributed by atoms with van der Waals surface area (Å²) < 4.78 is 7.48. The molecule has 0 saturated heterocycles. The average molecular weight is 893 g/mol. The van der Waals surface area contributed by atoms with Crippen molar-refractivity contribution in [3.05, 3.63) is 249 Å². The van der Waals surface area contributed by atoms with E-state index in [0.29, 0.717) is 0 Å². The molecule has 1 aliphatic heterocycles. The second kappa shape index (κ2) is 15.1. The van der Waals surface area contributed by atoms with Gasteiger partial charge in [-0.05, 0) is 77.4 Å². The lowest BCUT2D eigenvalue weighted by Crippen LogP contribution is -2.44. The molecule has 326 valence electrons. The molecule has 5 heteroatoms. The fraction of sp³-hybridized carbons (Fsp3) is 0.0154. The summed E-state index contributed by atoms with van der Waals surface area (Å²) in [6.45, 7) is 0. The topological polar surface area (TPSA) is 29.0 Å². The van der Waals surface area contributed by atoms with Gasteiger partial charge in [0, 0.05) is 80.0 Å². The zero-order valence-electron chi connectivity index (χ0n) is 38.0. The Morgan fingerprint density at radius 2 is 0.914 bits per heavy atom. The maximum atomic E-state index is 5.41. The van der Waals surface area contributed by atoms with Crippen molar-refractivity contribution in [2.75, 3.05) is 4.90 Å². The van der Waals surface area contributed by atoms with E-state index in [2.05, 4.69) is 261 Å². The highest BCUT2D eigenvalue weighted by Gasteiger charge is 2.42. The highest BCUT2D eigenvalue weighted by molar-refractivity contribution is 6.17. The predicted molar refractivity (Wildman–Crippen MR) is 292 cm³/mol.